The second kappa shape index (κ2) is 9.12. The highest BCUT2D eigenvalue weighted by molar-refractivity contribution is 5.99. The molecular formula is C23H32N2O6. The minimum absolute atomic E-state index is 0.0236. The van der Waals surface area contributed by atoms with Gasteiger partial charge in [0.15, 0.2) is 0 Å². The second-order valence-electron chi connectivity index (χ2n) is 8.73. The zero-order chi connectivity index (χ0) is 22.0. The van der Waals surface area contributed by atoms with Crippen molar-refractivity contribution < 1.29 is 29.0 Å². The van der Waals surface area contributed by atoms with E-state index in [1.807, 2.05) is 24.3 Å². The molecule has 0 aromatic heterocycles. The van der Waals surface area contributed by atoms with Gasteiger partial charge in [0.25, 0.3) is 0 Å². The Bertz CT molecular complexity index is 780. The van der Waals surface area contributed by atoms with Crippen LogP contribution in [0.5, 0.6) is 0 Å². The van der Waals surface area contributed by atoms with Crippen molar-refractivity contribution in [1.29, 1.82) is 0 Å². The van der Waals surface area contributed by atoms with Crippen LogP contribution in [0.1, 0.15) is 39.0 Å². The van der Waals surface area contributed by atoms with Gasteiger partial charge in [0.2, 0.25) is 11.8 Å². The molecule has 0 aromatic carbocycles. The maximum atomic E-state index is 13.7. The van der Waals surface area contributed by atoms with Crippen LogP contribution in [0.3, 0.4) is 0 Å². The number of unbranched alkanes of at least 4 members (excludes halogenated alkanes) is 2. The molecule has 2 fully saturated rings. The lowest BCUT2D eigenvalue weighted by Gasteiger charge is -2.35. The van der Waals surface area contributed by atoms with Crippen LogP contribution in [0.2, 0.25) is 0 Å². The molecule has 4 heterocycles. The summed E-state index contributed by atoms with van der Waals surface area (Å²) in [4.78, 5) is 43.3. The van der Waals surface area contributed by atoms with Crippen LogP contribution in [0.4, 0.5) is 0 Å². The minimum atomic E-state index is -1.24. The van der Waals surface area contributed by atoms with E-state index >= 15 is 0 Å². The van der Waals surface area contributed by atoms with Crippen LogP contribution in [-0.2, 0) is 23.9 Å². The average Bonchev–Trinajstić information content (AvgIpc) is 3.15. The van der Waals surface area contributed by atoms with Crippen molar-refractivity contribution in [3.05, 3.63) is 24.3 Å². The van der Waals surface area contributed by atoms with Crippen molar-refractivity contribution in [3.8, 4) is 0 Å². The summed E-state index contributed by atoms with van der Waals surface area (Å²) in [6.45, 7) is 3.20. The number of aliphatic hydroxyl groups is 1. The van der Waals surface area contributed by atoms with Crippen LogP contribution in [0.25, 0.3) is 0 Å². The van der Waals surface area contributed by atoms with Gasteiger partial charge in [-0.2, -0.15) is 0 Å². The summed E-state index contributed by atoms with van der Waals surface area (Å²) in [6, 6.07) is -0.894. The summed E-state index contributed by atoms with van der Waals surface area (Å²) in [6.07, 6.45) is 11.3. The molecule has 1 spiro atoms. The fraction of sp³-hybridized carbons (Fsp3) is 0.696. The number of hydrogen-bond acceptors (Lipinski definition) is 6. The summed E-state index contributed by atoms with van der Waals surface area (Å²) in [7, 11) is 0. The number of carbonyl (C=O) groups excluding carboxylic acids is 3. The van der Waals surface area contributed by atoms with Gasteiger partial charge in [0, 0.05) is 19.6 Å². The van der Waals surface area contributed by atoms with E-state index in [0.29, 0.717) is 19.7 Å². The fourth-order valence-corrected chi connectivity index (χ4v) is 5.40. The zero-order valence-electron chi connectivity index (χ0n) is 18.1. The topological polar surface area (TPSA) is 96.4 Å². The molecule has 4 rings (SSSR count). The Morgan fingerprint density at radius 2 is 2.00 bits per heavy atom. The molecule has 2 amide bonds. The van der Waals surface area contributed by atoms with Crippen LogP contribution < -0.4 is 0 Å². The lowest BCUT2D eigenvalue weighted by Crippen LogP contribution is -2.55. The Balaban J connectivity index is 1.74. The SMILES string of the molecule is CCCCCN1CC=CC23O[C@@H]4/C=C\CCCOC(=O)C4[C@H]2C(=O)N(CCO)[C@@H]3C1=O. The highest BCUT2D eigenvalue weighted by atomic mass is 16.6. The third-order valence-corrected chi connectivity index (χ3v) is 6.81. The van der Waals surface area contributed by atoms with E-state index in [-0.39, 0.29) is 25.0 Å². The van der Waals surface area contributed by atoms with E-state index in [9.17, 15) is 19.5 Å². The lowest BCUT2D eigenvalue weighted by molar-refractivity contribution is -0.155. The van der Waals surface area contributed by atoms with Crippen molar-refractivity contribution in [1.82, 2.24) is 9.80 Å². The van der Waals surface area contributed by atoms with Crippen molar-refractivity contribution in [2.45, 2.75) is 56.8 Å². The predicted octanol–water partition coefficient (Wildman–Crippen LogP) is 1.04. The molecule has 0 saturated carbocycles. The number of likely N-dealkylation sites (tertiary alicyclic amines) is 1. The van der Waals surface area contributed by atoms with Crippen molar-refractivity contribution in [2.75, 3.05) is 32.8 Å². The Kier molecular flexibility index (Phi) is 6.48. The summed E-state index contributed by atoms with van der Waals surface area (Å²) >= 11 is 0. The number of amides is 2. The van der Waals surface area contributed by atoms with E-state index in [0.717, 1.165) is 32.1 Å². The number of aliphatic hydroxyl groups excluding tert-OH is 1. The fourth-order valence-electron chi connectivity index (χ4n) is 5.40. The number of cyclic esters (lactones) is 1. The van der Waals surface area contributed by atoms with E-state index in [1.54, 1.807) is 4.90 Å². The second-order valence-corrected chi connectivity index (χ2v) is 8.73. The molecule has 0 radical (unpaired) electrons. The molecule has 5 atom stereocenters. The number of ether oxygens (including phenoxy) is 2. The zero-order valence-corrected chi connectivity index (χ0v) is 18.1. The van der Waals surface area contributed by atoms with Crippen LogP contribution in [0.15, 0.2) is 24.3 Å². The van der Waals surface area contributed by atoms with Gasteiger partial charge in [-0.1, -0.05) is 44.1 Å². The number of allylic oxidation sites excluding steroid dienone is 1. The molecule has 0 aromatic rings. The molecule has 31 heavy (non-hydrogen) atoms. The Hall–Kier alpha value is -2.19. The molecule has 2 saturated heterocycles. The Labute approximate surface area is 182 Å². The molecule has 4 aliphatic rings. The molecule has 8 nitrogen and oxygen atoms in total. The van der Waals surface area contributed by atoms with Gasteiger partial charge in [0.05, 0.1) is 25.2 Å². The number of rotatable bonds is 6. The quantitative estimate of drug-likeness (QED) is 0.383. The number of esters is 1. The first-order chi connectivity index (χ1) is 15.0. The normalized spacial score (nSPS) is 36.1. The lowest BCUT2D eigenvalue weighted by atomic mass is 9.78. The van der Waals surface area contributed by atoms with E-state index < -0.39 is 35.6 Å². The van der Waals surface area contributed by atoms with Gasteiger partial charge >= 0.3 is 5.97 Å². The van der Waals surface area contributed by atoms with E-state index in [4.69, 9.17) is 9.47 Å². The molecule has 0 bridgehead atoms. The average molecular weight is 433 g/mol. The summed E-state index contributed by atoms with van der Waals surface area (Å²) in [5, 5.41) is 9.61. The molecule has 8 heteroatoms. The van der Waals surface area contributed by atoms with Gasteiger partial charge in [-0.25, -0.2) is 0 Å². The number of carbonyl (C=O) groups is 3. The minimum Gasteiger partial charge on any atom is -0.465 e. The highest BCUT2D eigenvalue weighted by Gasteiger charge is 2.71. The van der Waals surface area contributed by atoms with Gasteiger partial charge in [0.1, 0.15) is 17.6 Å². The van der Waals surface area contributed by atoms with Crippen LogP contribution in [-0.4, -0.2) is 83.3 Å². The monoisotopic (exact) mass is 432 g/mol. The first kappa shape index (κ1) is 22.0. The van der Waals surface area contributed by atoms with Gasteiger partial charge in [-0.3, -0.25) is 14.4 Å². The molecule has 4 aliphatic heterocycles. The molecule has 2 unspecified atom stereocenters. The molecule has 0 aliphatic carbocycles. The van der Waals surface area contributed by atoms with Gasteiger partial charge < -0.3 is 24.4 Å². The maximum absolute atomic E-state index is 13.7. The van der Waals surface area contributed by atoms with Crippen LogP contribution in [0, 0.1) is 11.8 Å². The standard InChI is InChI=1S/C23H32N2O6/c1-2-3-6-11-24-12-8-10-23-18(20(27)25(13-14-26)19(23)21(24)28)17-16(31-23)9-5-4-7-15-30-22(17)29/h5,8-10,16-19,26H,2-4,6-7,11-15H2,1H3/b9-5-/t16-,17?,18+,19-,23?/m1/s1. The molecule has 170 valence electrons. The van der Waals surface area contributed by atoms with E-state index in [1.165, 1.54) is 4.90 Å². The van der Waals surface area contributed by atoms with Crippen molar-refractivity contribution >= 4 is 17.8 Å². The Morgan fingerprint density at radius 3 is 2.77 bits per heavy atom. The van der Waals surface area contributed by atoms with E-state index in [2.05, 4.69) is 6.92 Å². The molecule has 1 N–H and O–H groups in total. The van der Waals surface area contributed by atoms with Gasteiger partial charge in [-0.05, 0) is 19.3 Å². The highest BCUT2D eigenvalue weighted by Crippen LogP contribution is 2.53. The largest absolute Gasteiger partial charge is 0.465 e. The summed E-state index contributed by atoms with van der Waals surface area (Å²) < 4.78 is 11.9. The third kappa shape index (κ3) is 3.69. The van der Waals surface area contributed by atoms with Crippen LogP contribution >= 0.6 is 0 Å². The third-order valence-electron chi connectivity index (χ3n) is 6.81. The maximum Gasteiger partial charge on any atom is 0.312 e. The number of β-amino-alcohol motifs (C(OH)–C–C–N with tert-alkyl or cyclic N) is 1. The van der Waals surface area contributed by atoms with Crippen molar-refractivity contribution in [2.24, 2.45) is 11.8 Å². The predicted molar refractivity (Wildman–Crippen MR) is 112 cm³/mol. The van der Waals surface area contributed by atoms with Gasteiger partial charge in [-0.15, -0.1) is 0 Å². The smallest absolute Gasteiger partial charge is 0.312 e. The summed E-state index contributed by atoms with van der Waals surface area (Å²) in [5.41, 5.74) is -1.24. The first-order valence-corrected chi connectivity index (χ1v) is 11.4. The number of hydrogen-bond donors (Lipinski definition) is 1. The van der Waals surface area contributed by atoms with Crippen molar-refractivity contribution in [3.63, 3.8) is 0 Å². The first-order valence-electron chi connectivity index (χ1n) is 11.4. The number of fused-ring (bicyclic) bond motifs is 2. The number of nitrogens with zero attached hydrogens (tertiary/aromatic N) is 2. The summed E-state index contributed by atoms with van der Waals surface area (Å²) in [5.74, 6) is -2.63. The molecular weight excluding hydrogens is 400 g/mol. The Morgan fingerprint density at radius 1 is 1.16 bits per heavy atom.